The van der Waals surface area contributed by atoms with Gasteiger partial charge in [-0.05, 0) is 46.0 Å². The Morgan fingerprint density at radius 2 is 2.00 bits per heavy atom. The predicted molar refractivity (Wildman–Crippen MR) is 101 cm³/mol. The van der Waals surface area contributed by atoms with E-state index in [2.05, 4.69) is 38.8 Å². The second-order valence-corrected chi connectivity index (χ2v) is 7.55. The van der Waals surface area contributed by atoms with Crippen LogP contribution in [-0.4, -0.2) is 38.3 Å². The number of rotatable bonds is 6. The highest BCUT2D eigenvalue weighted by molar-refractivity contribution is 5.21. The van der Waals surface area contributed by atoms with Crippen LogP contribution in [0.3, 0.4) is 0 Å². The number of hydrogen-bond acceptors (Lipinski definition) is 6. The van der Waals surface area contributed by atoms with Crippen LogP contribution in [-0.2, 0) is 32.7 Å². The van der Waals surface area contributed by atoms with E-state index in [-0.39, 0.29) is 0 Å². The molecule has 0 spiro atoms. The fourth-order valence-corrected chi connectivity index (χ4v) is 3.71. The van der Waals surface area contributed by atoms with Crippen molar-refractivity contribution in [2.45, 2.75) is 53.5 Å². The van der Waals surface area contributed by atoms with Crippen molar-refractivity contribution in [2.24, 2.45) is 0 Å². The smallest absolute Gasteiger partial charge is 0.138 e. The van der Waals surface area contributed by atoms with E-state index in [1.54, 1.807) is 0 Å². The molecule has 7 nitrogen and oxygen atoms in total. The van der Waals surface area contributed by atoms with Gasteiger partial charge in [0.05, 0.1) is 30.2 Å². The van der Waals surface area contributed by atoms with Crippen molar-refractivity contribution in [3.63, 3.8) is 0 Å². The summed E-state index contributed by atoms with van der Waals surface area (Å²) in [4.78, 5) is 4.66. The summed E-state index contributed by atoms with van der Waals surface area (Å²) in [5, 5.41) is 8.84. The molecule has 3 aromatic rings. The van der Waals surface area contributed by atoms with Crippen molar-refractivity contribution in [3.05, 3.63) is 58.1 Å². The second kappa shape index (κ2) is 7.32. The summed E-state index contributed by atoms with van der Waals surface area (Å²) >= 11 is 0. The van der Waals surface area contributed by atoms with Crippen molar-refractivity contribution in [1.82, 2.24) is 24.7 Å². The molecule has 0 saturated heterocycles. The van der Waals surface area contributed by atoms with Gasteiger partial charge in [0.25, 0.3) is 0 Å². The Morgan fingerprint density at radius 3 is 2.70 bits per heavy atom. The van der Waals surface area contributed by atoms with Crippen LogP contribution in [0.15, 0.2) is 27.1 Å². The molecule has 0 saturated carbocycles. The Bertz CT molecular complexity index is 903. The molecule has 0 bridgehead atoms. The van der Waals surface area contributed by atoms with E-state index in [1.165, 1.54) is 11.3 Å². The third-order valence-electron chi connectivity index (χ3n) is 5.14. The molecular weight excluding hydrogens is 342 g/mol. The minimum Gasteiger partial charge on any atom is -0.465 e. The van der Waals surface area contributed by atoms with E-state index >= 15 is 0 Å². The standard InChI is InChI=1S/C20H27N5O2/c1-14-5-6-19(26-14)12-24-7-8-25-18(11-24)9-17(21-25)10-23(4)13-20-15(2)22-27-16(20)3/h5-6,9H,7-8,10-13H2,1-4H3. The Balaban J connectivity index is 1.38. The first-order valence-corrected chi connectivity index (χ1v) is 9.41. The Kier molecular flexibility index (Phi) is 4.88. The molecular formula is C20H27N5O2. The first-order valence-electron chi connectivity index (χ1n) is 9.41. The maximum absolute atomic E-state index is 5.72. The maximum Gasteiger partial charge on any atom is 0.138 e. The van der Waals surface area contributed by atoms with Gasteiger partial charge in [0.1, 0.15) is 17.3 Å². The van der Waals surface area contributed by atoms with Crippen molar-refractivity contribution >= 4 is 0 Å². The fourth-order valence-electron chi connectivity index (χ4n) is 3.71. The highest BCUT2D eigenvalue weighted by Crippen LogP contribution is 2.19. The Morgan fingerprint density at radius 1 is 1.15 bits per heavy atom. The summed E-state index contributed by atoms with van der Waals surface area (Å²) in [7, 11) is 2.11. The normalized spacial score (nSPS) is 14.9. The summed E-state index contributed by atoms with van der Waals surface area (Å²) in [5.41, 5.74) is 4.51. The van der Waals surface area contributed by atoms with Crippen LogP contribution in [0.25, 0.3) is 0 Å². The monoisotopic (exact) mass is 369 g/mol. The highest BCUT2D eigenvalue weighted by atomic mass is 16.5. The van der Waals surface area contributed by atoms with Gasteiger partial charge in [0.2, 0.25) is 0 Å². The fraction of sp³-hybridized carbons (Fsp3) is 0.500. The van der Waals surface area contributed by atoms with E-state index in [4.69, 9.17) is 14.0 Å². The average Bonchev–Trinajstić information content (AvgIpc) is 3.29. The minimum absolute atomic E-state index is 0.807. The van der Waals surface area contributed by atoms with Crippen LogP contribution in [0.5, 0.6) is 0 Å². The van der Waals surface area contributed by atoms with Gasteiger partial charge >= 0.3 is 0 Å². The van der Waals surface area contributed by atoms with E-state index in [9.17, 15) is 0 Å². The SMILES string of the molecule is Cc1ccc(CN2CCn3nc(CN(C)Cc4c(C)noc4C)cc3C2)o1. The lowest BCUT2D eigenvalue weighted by Crippen LogP contribution is -2.33. The van der Waals surface area contributed by atoms with Gasteiger partial charge in [-0.1, -0.05) is 5.16 Å². The molecule has 4 heterocycles. The van der Waals surface area contributed by atoms with Crippen LogP contribution < -0.4 is 0 Å². The summed E-state index contributed by atoms with van der Waals surface area (Å²) in [6.07, 6.45) is 0. The van der Waals surface area contributed by atoms with Crippen molar-refractivity contribution < 1.29 is 8.94 Å². The van der Waals surface area contributed by atoms with Gasteiger partial charge in [0, 0.05) is 31.7 Å². The van der Waals surface area contributed by atoms with Gasteiger partial charge in [0.15, 0.2) is 0 Å². The zero-order chi connectivity index (χ0) is 19.0. The van der Waals surface area contributed by atoms with Crippen LogP contribution >= 0.6 is 0 Å². The molecule has 1 aliphatic heterocycles. The average molecular weight is 369 g/mol. The topological polar surface area (TPSA) is 63.5 Å². The molecule has 27 heavy (non-hydrogen) atoms. The molecule has 1 aliphatic rings. The van der Waals surface area contributed by atoms with E-state index in [0.717, 1.165) is 67.9 Å². The molecule has 0 amide bonds. The number of furan rings is 1. The summed E-state index contributed by atoms with van der Waals surface area (Å²) in [5.74, 6) is 2.89. The van der Waals surface area contributed by atoms with Crippen molar-refractivity contribution in [3.8, 4) is 0 Å². The Labute approximate surface area is 159 Å². The molecule has 7 heteroatoms. The van der Waals surface area contributed by atoms with E-state index in [1.807, 2.05) is 26.8 Å². The number of fused-ring (bicyclic) bond motifs is 1. The summed E-state index contributed by atoms with van der Waals surface area (Å²) in [6, 6.07) is 6.32. The molecule has 3 aromatic heterocycles. The molecule has 0 aromatic carbocycles. The predicted octanol–water partition coefficient (Wildman–Crippen LogP) is 3.04. The van der Waals surface area contributed by atoms with Crippen LogP contribution in [0.1, 0.15) is 39.9 Å². The quantitative estimate of drug-likeness (QED) is 0.665. The molecule has 0 N–H and O–H groups in total. The van der Waals surface area contributed by atoms with Gasteiger partial charge in [-0.25, -0.2) is 0 Å². The minimum atomic E-state index is 0.807. The molecule has 0 fully saturated rings. The first kappa shape index (κ1) is 18.0. The second-order valence-electron chi connectivity index (χ2n) is 7.55. The zero-order valence-electron chi connectivity index (χ0n) is 16.5. The van der Waals surface area contributed by atoms with Gasteiger partial charge in [-0.15, -0.1) is 0 Å². The summed E-state index contributed by atoms with van der Waals surface area (Å²) < 4.78 is 13.1. The summed E-state index contributed by atoms with van der Waals surface area (Å²) in [6.45, 7) is 11.2. The van der Waals surface area contributed by atoms with Gasteiger partial charge < -0.3 is 8.94 Å². The van der Waals surface area contributed by atoms with Gasteiger partial charge in [-0.3, -0.25) is 14.5 Å². The lowest BCUT2D eigenvalue weighted by molar-refractivity contribution is 0.189. The van der Waals surface area contributed by atoms with Crippen LogP contribution in [0.4, 0.5) is 0 Å². The zero-order valence-corrected chi connectivity index (χ0v) is 16.5. The van der Waals surface area contributed by atoms with E-state index in [0.29, 0.717) is 0 Å². The molecule has 0 radical (unpaired) electrons. The number of aromatic nitrogens is 3. The number of hydrogen-bond donors (Lipinski definition) is 0. The third kappa shape index (κ3) is 3.99. The van der Waals surface area contributed by atoms with Crippen LogP contribution in [0, 0.1) is 20.8 Å². The molecule has 4 rings (SSSR count). The molecule has 0 aliphatic carbocycles. The lowest BCUT2D eigenvalue weighted by Gasteiger charge is -2.26. The highest BCUT2D eigenvalue weighted by Gasteiger charge is 2.20. The third-order valence-corrected chi connectivity index (χ3v) is 5.14. The number of nitrogens with zero attached hydrogens (tertiary/aromatic N) is 5. The first-order chi connectivity index (χ1) is 13.0. The maximum atomic E-state index is 5.72. The molecule has 0 unspecified atom stereocenters. The largest absolute Gasteiger partial charge is 0.465 e. The van der Waals surface area contributed by atoms with Crippen LogP contribution in [0.2, 0.25) is 0 Å². The lowest BCUT2D eigenvalue weighted by atomic mass is 10.2. The van der Waals surface area contributed by atoms with Gasteiger partial charge in [-0.2, -0.15) is 5.10 Å². The molecule has 144 valence electrons. The molecule has 0 atom stereocenters. The van der Waals surface area contributed by atoms with Crippen molar-refractivity contribution in [1.29, 1.82) is 0 Å². The Hall–Kier alpha value is -2.38. The van der Waals surface area contributed by atoms with Crippen molar-refractivity contribution in [2.75, 3.05) is 13.6 Å². The van der Waals surface area contributed by atoms with E-state index < -0.39 is 0 Å². The number of aryl methyl sites for hydroxylation is 3.